The van der Waals surface area contributed by atoms with Gasteiger partial charge in [-0.2, -0.15) is 5.10 Å². The maximum Gasteiger partial charge on any atom is 0.240 e. The second-order valence-corrected chi connectivity index (χ2v) is 11.4. The molecule has 0 unspecified atom stereocenters. The predicted octanol–water partition coefficient (Wildman–Crippen LogP) is 5.21. The molecular weight excluding hydrogens is 477 g/mol. The molecule has 2 N–H and O–H groups in total. The predicted molar refractivity (Wildman–Crippen MR) is 141 cm³/mol. The summed E-state index contributed by atoms with van der Waals surface area (Å²) in [5.41, 5.74) is 3.80. The summed E-state index contributed by atoms with van der Waals surface area (Å²) in [5.74, 6) is 0.268. The van der Waals surface area contributed by atoms with Crippen LogP contribution in [0.1, 0.15) is 26.3 Å². The van der Waals surface area contributed by atoms with Gasteiger partial charge in [0.2, 0.25) is 10.0 Å². The molecule has 0 bridgehead atoms. The summed E-state index contributed by atoms with van der Waals surface area (Å²) in [4.78, 5) is 4.59. The highest BCUT2D eigenvalue weighted by Gasteiger charge is 2.20. The smallest absolute Gasteiger partial charge is 0.240 e. The van der Waals surface area contributed by atoms with Gasteiger partial charge in [-0.1, -0.05) is 29.8 Å². The van der Waals surface area contributed by atoms with Gasteiger partial charge in [0.1, 0.15) is 17.3 Å². The second kappa shape index (κ2) is 10.2. The van der Waals surface area contributed by atoms with Gasteiger partial charge in [0, 0.05) is 36.6 Å². The number of nitrogens with zero attached hydrogens (tertiary/aromatic N) is 3. The van der Waals surface area contributed by atoms with Crippen LogP contribution < -0.4 is 10.0 Å². The first kappa shape index (κ1) is 25.5. The quantitative estimate of drug-likeness (QED) is 0.320. The molecule has 0 fully saturated rings. The van der Waals surface area contributed by atoms with Crippen LogP contribution in [0.4, 0.5) is 10.2 Å². The highest BCUT2D eigenvalue weighted by atomic mass is 32.2. The van der Waals surface area contributed by atoms with E-state index in [-0.39, 0.29) is 22.8 Å². The Labute approximate surface area is 211 Å². The average Bonchev–Trinajstić information content (AvgIpc) is 3.29. The molecule has 0 aliphatic heterocycles. The molecule has 0 atom stereocenters. The lowest BCUT2D eigenvalue weighted by Gasteiger charge is -2.18. The molecule has 36 heavy (non-hydrogen) atoms. The topological polar surface area (TPSA) is 88.9 Å². The molecule has 0 spiro atoms. The number of benzene rings is 2. The molecule has 7 nitrogen and oxygen atoms in total. The minimum absolute atomic E-state index is 0.193. The highest BCUT2D eigenvalue weighted by Crippen LogP contribution is 2.33. The third-order valence-electron chi connectivity index (χ3n) is 5.63. The molecule has 188 valence electrons. The largest absolute Gasteiger partial charge is 0.369 e. The number of sulfonamides is 1. The van der Waals surface area contributed by atoms with Gasteiger partial charge in [0.25, 0.3) is 0 Å². The summed E-state index contributed by atoms with van der Waals surface area (Å²) in [6.07, 6.45) is 3.63. The maximum atomic E-state index is 14.0. The molecule has 0 radical (unpaired) electrons. The maximum absolute atomic E-state index is 14.0. The van der Waals surface area contributed by atoms with Crippen LogP contribution in [0, 0.1) is 12.7 Å². The number of nitrogens with one attached hydrogen (secondary N) is 2. The van der Waals surface area contributed by atoms with Gasteiger partial charge in [0.05, 0.1) is 10.4 Å². The molecule has 2 heterocycles. The summed E-state index contributed by atoms with van der Waals surface area (Å²) >= 11 is 0. The van der Waals surface area contributed by atoms with Crippen molar-refractivity contribution >= 4 is 15.8 Å². The minimum Gasteiger partial charge on any atom is -0.369 e. The Kier molecular flexibility index (Phi) is 7.23. The fraction of sp³-hybridized carbons (Fsp3) is 0.259. The van der Waals surface area contributed by atoms with E-state index in [9.17, 15) is 12.8 Å². The van der Waals surface area contributed by atoms with Crippen LogP contribution in [0.25, 0.3) is 22.4 Å². The van der Waals surface area contributed by atoms with Crippen molar-refractivity contribution in [3.05, 3.63) is 84.4 Å². The van der Waals surface area contributed by atoms with Crippen molar-refractivity contribution in [1.82, 2.24) is 19.5 Å². The van der Waals surface area contributed by atoms with Crippen molar-refractivity contribution in [3.8, 4) is 22.4 Å². The highest BCUT2D eigenvalue weighted by molar-refractivity contribution is 7.89. The van der Waals surface area contributed by atoms with E-state index in [1.54, 1.807) is 36.5 Å². The Morgan fingerprint density at radius 2 is 1.72 bits per heavy atom. The first-order valence-electron chi connectivity index (χ1n) is 11.7. The normalized spacial score (nSPS) is 12.0. The van der Waals surface area contributed by atoms with Crippen molar-refractivity contribution in [2.45, 2.75) is 38.1 Å². The summed E-state index contributed by atoms with van der Waals surface area (Å²) in [6, 6.07) is 16.8. The van der Waals surface area contributed by atoms with E-state index in [0.717, 1.165) is 16.7 Å². The fourth-order valence-corrected chi connectivity index (χ4v) is 4.68. The number of anilines is 1. The first-order chi connectivity index (χ1) is 17.0. The van der Waals surface area contributed by atoms with Crippen LogP contribution in [0.15, 0.2) is 78.0 Å². The number of aromatic nitrogens is 3. The Balaban J connectivity index is 1.52. The first-order valence-corrected chi connectivity index (χ1v) is 13.1. The molecule has 2 aromatic carbocycles. The lowest BCUT2D eigenvalue weighted by atomic mass is 10.0. The Bertz CT molecular complexity index is 1460. The van der Waals surface area contributed by atoms with Gasteiger partial charge < -0.3 is 5.32 Å². The van der Waals surface area contributed by atoms with Gasteiger partial charge >= 0.3 is 0 Å². The van der Waals surface area contributed by atoms with Crippen LogP contribution in [-0.4, -0.2) is 36.3 Å². The molecule has 2 aromatic heterocycles. The molecule has 0 aliphatic rings. The van der Waals surface area contributed by atoms with E-state index in [0.29, 0.717) is 23.6 Å². The van der Waals surface area contributed by atoms with Crippen LogP contribution in [-0.2, 0) is 15.6 Å². The lowest BCUT2D eigenvalue weighted by molar-refractivity contribution is 0.356. The number of rotatable bonds is 8. The van der Waals surface area contributed by atoms with E-state index in [1.807, 2.05) is 36.0 Å². The zero-order chi connectivity index (χ0) is 25.9. The van der Waals surface area contributed by atoms with Crippen molar-refractivity contribution in [2.75, 3.05) is 18.4 Å². The van der Waals surface area contributed by atoms with E-state index in [2.05, 4.69) is 35.8 Å². The molecule has 4 aromatic rings. The van der Waals surface area contributed by atoms with Crippen LogP contribution >= 0.6 is 0 Å². The number of hydrogen-bond acceptors (Lipinski definition) is 5. The molecule has 0 aliphatic carbocycles. The minimum atomic E-state index is -3.59. The van der Waals surface area contributed by atoms with Gasteiger partial charge in [0.15, 0.2) is 0 Å². The SMILES string of the molecule is Cc1ccc(S(=O)(=O)NCCNc2cc(-c3cn(C(C)(C)C)nc3-c3cccc(F)c3)ccn2)cc1. The standard InChI is InChI=1S/C27H30FN5O2S/c1-19-8-10-23(11-9-19)36(34,35)31-15-14-30-25-17-20(12-13-29-25)24-18-33(27(2,3)4)32-26(24)21-6-5-7-22(28)16-21/h5-13,16-18,31H,14-15H2,1-4H3,(H,29,30). The Morgan fingerprint density at radius 1 is 0.972 bits per heavy atom. The third kappa shape index (κ3) is 5.98. The molecule has 0 amide bonds. The lowest BCUT2D eigenvalue weighted by Crippen LogP contribution is -2.29. The van der Waals surface area contributed by atoms with E-state index in [1.165, 1.54) is 12.1 Å². The number of aryl methyl sites for hydroxylation is 1. The van der Waals surface area contributed by atoms with Crippen molar-refractivity contribution in [3.63, 3.8) is 0 Å². The summed E-state index contributed by atoms with van der Waals surface area (Å²) in [6.45, 7) is 8.60. The van der Waals surface area contributed by atoms with Crippen LogP contribution in [0.2, 0.25) is 0 Å². The van der Waals surface area contributed by atoms with E-state index in [4.69, 9.17) is 5.10 Å². The van der Waals surface area contributed by atoms with E-state index >= 15 is 0 Å². The number of halogens is 1. The van der Waals surface area contributed by atoms with Crippen molar-refractivity contribution < 1.29 is 12.8 Å². The third-order valence-corrected chi connectivity index (χ3v) is 7.10. The van der Waals surface area contributed by atoms with Crippen molar-refractivity contribution in [2.24, 2.45) is 0 Å². The van der Waals surface area contributed by atoms with Crippen LogP contribution in [0.5, 0.6) is 0 Å². The number of hydrogen-bond donors (Lipinski definition) is 2. The van der Waals surface area contributed by atoms with Gasteiger partial charge in [-0.25, -0.2) is 22.5 Å². The van der Waals surface area contributed by atoms with Gasteiger partial charge in [-0.15, -0.1) is 0 Å². The Morgan fingerprint density at radius 3 is 2.42 bits per heavy atom. The molecular formula is C27H30FN5O2S. The van der Waals surface area contributed by atoms with E-state index < -0.39 is 10.0 Å². The van der Waals surface area contributed by atoms with Gasteiger partial charge in [-0.3, -0.25) is 4.68 Å². The second-order valence-electron chi connectivity index (χ2n) is 9.58. The zero-order valence-electron chi connectivity index (χ0n) is 20.8. The van der Waals surface area contributed by atoms with Crippen LogP contribution in [0.3, 0.4) is 0 Å². The van der Waals surface area contributed by atoms with Crippen molar-refractivity contribution in [1.29, 1.82) is 0 Å². The van der Waals surface area contributed by atoms with Gasteiger partial charge in [-0.05, 0) is 69.7 Å². The summed E-state index contributed by atoms with van der Waals surface area (Å²) in [5, 5.41) is 7.94. The Hall–Kier alpha value is -3.56. The number of pyridine rings is 1. The molecule has 4 rings (SSSR count). The zero-order valence-corrected chi connectivity index (χ0v) is 21.6. The monoisotopic (exact) mass is 507 g/mol. The summed E-state index contributed by atoms with van der Waals surface area (Å²) < 4.78 is 43.4. The molecule has 9 heteroatoms. The average molecular weight is 508 g/mol. The molecule has 0 saturated heterocycles. The fourth-order valence-electron chi connectivity index (χ4n) is 3.65. The molecule has 0 saturated carbocycles. The summed E-state index contributed by atoms with van der Waals surface area (Å²) in [7, 11) is -3.59.